The number of rotatable bonds is 2. The molecule has 5 nitrogen and oxygen atoms in total. The number of furan rings is 1. The second-order valence-electron chi connectivity index (χ2n) is 5.30. The van der Waals surface area contributed by atoms with Crippen LogP contribution < -0.4 is 0 Å². The van der Waals surface area contributed by atoms with Crippen LogP contribution in [0.15, 0.2) is 52.7 Å². The van der Waals surface area contributed by atoms with Crippen molar-refractivity contribution in [3.8, 4) is 11.3 Å². The van der Waals surface area contributed by atoms with Crippen molar-refractivity contribution in [3.63, 3.8) is 0 Å². The highest BCUT2D eigenvalue weighted by Crippen LogP contribution is 2.29. The van der Waals surface area contributed by atoms with E-state index >= 15 is 0 Å². The van der Waals surface area contributed by atoms with Crippen LogP contribution in [0.25, 0.3) is 17.4 Å². The first-order chi connectivity index (χ1) is 10.5. The van der Waals surface area contributed by atoms with Gasteiger partial charge in [-0.3, -0.25) is 0 Å². The fraction of sp³-hybridized carbons (Fsp3) is 0.176. The number of hydrogen-bond acceptors (Lipinski definition) is 5. The van der Waals surface area contributed by atoms with Gasteiger partial charge in [0.2, 0.25) is 0 Å². The van der Waals surface area contributed by atoms with Crippen LogP contribution >= 0.6 is 0 Å². The predicted octanol–water partition coefficient (Wildman–Crippen LogP) is 3.17. The summed E-state index contributed by atoms with van der Waals surface area (Å²) in [5.41, 5.74) is 1.30. The number of carbonyl (C=O) groups excluding carboxylic acids is 2. The standard InChI is InChI=1S/C17H14O5/c1-17(2)21-15(18)13(16(19)22-17)10-11-6-3-4-7-12(11)14-8-5-9-20-14/h3-10H,1-2H3. The van der Waals surface area contributed by atoms with E-state index < -0.39 is 17.7 Å². The summed E-state index contributed by atoms with van der Waals surface area (Å²) >= 11 is 0. The van der Waals surface area contributed by atoms with E-state index in [1.165, 1.54) is 19.9 Å². The zero-order valence-electron chi connectivity index (χ0n) is 12.2. The predicted molar refractivity (Wildman–Crippen MR) is 78.4 cm³/mol. The molecule has 0 N–H and O–H groups in total. The molecule has 3 rings (SSSR count). The highest BCUT2D eigenvalue weighted by Gasteiger charge is 2.38. The Morgan fingerprint density at radius 1 is 0.955 bits per heavy atom. The van der Waals surface area contributed by atoms with E-state index in [0.29, 0.717) is 11.3 Å². The molecule has 5 heteroatoms. The topological polar surface area (TPSA) is 65.7 Å². The van der Waals surface area contributed by atoms with Crippen molar-refractivity contribution in [2.45, 2.75) is 19.6 Å². The van der Waals surface area contributed by atoms with Crippen LogP contribution in [0.2, 0.25) is 0 Å². The average molecular weight is 298 g/mol. The van der Waals surface area contributed by atoms with E-state index in [-0.39, 0.29) is 5.57 Å². The maximum absolute atomic E-state index is 12.0. The number of ether oxygens (including phenoxy) is 2. The lowest BCUT2D eigenvalue weighted by Gasteiger charge is -2.29. The quantitative estimate of drug-likeness (QED) is 0.484. The van der Waals surface area contributed by atoms with E-state index in [1.807, 2.05) is 18.2 Å². The lowest BCUT2D eigenvalue weighted by molar-refractivity contribution is -0.222. The maximum Gasteiger partial charge on any atom is 0.348 e. The zero-order valence-corrected chi connectivity index (χ0v) is 12.2. The molecule has 0 spiro atoms. The Balaban J connectivity index is 2.03. The zero-order chi connectivity index (χ0) is 15.7. The van der Waals surface area contributed by atoms with Gasteiger partial charge in [0.15, 0.2) is 0 Å². The Kier molecular flexibility index (Phi) is 3.33. The number of benzene rings is 1. The molecule has 2 heterocycles. The molecule has 1 aromatic heterocycles. The lowest BCUT2D eigenvalue weighted by Crippen LogP contribution is -2.41. The van der Waals surface area contributed by atoms with E-state index in [0.717, 1.165) is 5.56 Å². The Bertz CT molecular complexity index is 731. The molecule has 1 aliphatic heterocycles. The smallest absolute Gasteiger partial charge is 0.348 e. The molecule has 112 valence electrons. The van der Waals surface area contributed by atoms with Crippen molar-refractivity contribution in [2.24, 2.45) is 0 Å². The molecule has 0 amide bonds. The van der Waals surface area contributed by atoms with Crippen molar-refractivity contribution in [3.05, 3.63) is 53.8 Å². The van der Waals surface area contributed by atoms with Gasteiger partial charge in [-0.2, -0.15) is 0 Å². The van der Waals surface area contributed by atoms with Gasteiger partial charge in [0.05, 0.1) is 6.26 Å². The van der Waals surface area contributed by atoms with Crippen molar-refractivity contribution < 1.29 is 23.5 Å². The fourth-order valence-corrected chi connectivity index (χ4v) is 2.21. The molecular weight excluding hydrogens is 284 g/mol. The molecular formula is C17H14O5. The van der Waals surface area contributed by atoms with Gasteiger partial charge in [0, 0.05) is 19.4 Å². The van der Waals surface area contributed by atoms with Gasteiger partial charge in [-0.15, -0.1) is 0 Å². The molecule has 22 heavy (non-hydrogen) atoms. The van der Waals surface area contributed by atoms with Crippen LogP contribution in [0.4, 0.5) is 0 Å². The summed E-state index contributed by atoms with van der Waals surface area (Å²) in [4.78, 5) is 24.0. The van der Waals surface area contributed by atoms with Gasteiger partial charge in [-0.05, 0) is 23.8 Å². The van der Waals surface area contributed by atoms with Crippen LogP contribution in [-0.2, 0) is 19.1 Å². The molecule has 0 atom stereocenters. The third kappa shape index (κ3) is 2.65. The molecule has 0 aliphatic carbocycles. The Morgan fingerprint density at radius 3 is 2.27 bits per heavy atom. The molecule has 0 unspecified atom stereocenters. The number of hydrogen-bond donors (Lipinski definition) is 0. The van der Waals surface area contributed by atoms with Gasteiger partial charge < -0.3 is 13.9 Å². The first kappa shape index (κ1) is 14.1. The van der Waals surface area contributed by atoms with E-state index in [2.05, 4.69) is 0 Å². The number of esters is 2. The molecule has 0 radical (unpaired) electrons. The van der Waals surface area contributed by atoms with Crippen LogP contribution in [0.3, 0.4) is 0 Å². The number of cyclic esters (lactones) is 2. The normalized spacial score (nSPS) is 16.9. The molecule has 0 bridgehead atoms. The fourth-order valence-electron chi connectivity index (χ4n) is 2.21. The Labute approximate surface area is 127 Å². The first-order valence-corrected chi connectivity index (χ1v) is 6.77. The minimum Gasteiger partial charge on any atom is -0.464 e. The van der Waals surface area contributed by atoms with Crippen LogP contribution in [0.5, 0.6) is 0 Å². The van der Waals surface area contributed by atoms with Crippen molar-refractivity contribution >= 4 is 18.0 Å². The molecule has 2 aromatic rings. The van der Waals surface area contributed by atoms with Gasteiger partial charge in [-0.1, -0.05) is 24.3 Å². The summed E-state index contributed by atoms with van der Waals surface area (Å²) in [6, 6.07) is 10.9. The van der Waals surface area contributed by atoms with Gasteiger partial charge in [-0.25, -0.2) is 9.59 Å². The van der Waals surface area contributed by atoms with E-state index in [9.17, 15) is 9.59 Å². The van der Waals surface area contributed by atoms with Crippen molar-refractivity contribution in [2.75, 3.05) is 0 Å². The summed E-state index contributed by atoms with van der Waals surface area (Å²) in [5, 5.41) is 0. The minimum atomic E-state index is -1.24. The van der Waals surface area contributed by atoms with Crippen LogP contribution in [0.1, 0.15) is 19.4 Å². The minimum absolute atomic E-state index is 0.140. The van der Waals surface area contributed by atoms with Crippen molar-refractivity contribution in [1.29, 1.82) is 0 Å². The van der Waals surface area contributed by atoms with E-state index in [1.54, 1.807) is 24.5 Å². The summed E-state index contributed by atoms with van der Waals surface area (Å²) in [6.07, 6.45) is 3.02. The summed E-state index contributed by atoms with van der Waals surface area (Å²) in [7, 11) is 0. The van der Waals surface area contributed by atoms with Crippen LogP contribution in [0, 0.1) is 0 Å². The van der Waals surface area contributed by atoms with Crippen LogP contribution in [-0.4, -0.2) is 17.7 Å². The third-order valence-electron chi connectivity index (χ3n) is 3.16. The molecule has 1 aromatic carbocycles. The second kappa shape index (κ2) is 5.18. The summed E-state index contributed by atoms with van der Waals surface area (Å²) in [6.45, 7) is 3.02. The van der Waals surface area contributed by atoms with Crippen molar-refractivity contribution in [1.82, 2.24) is 0 Å². The molecule has 1 aliphatic rings. The Morgan fingerprint density at radius 2 is 1.64 bits per heavy atom. The monoisotopic (exact) mass is 298 g/mol. The number of carbonyl (C=O) groups is 2. The second-order valence-corrected chi connectivity index (χ2v) is 5.30. The summed E-state index contributed by atoms with van der Waals surface area (Å²) in [5.74, 6) is -2.00. The lowest BCUT2D eigenvalue weighted by atomic mass is 10.0. The van der Waals surface area contributed by atoms with E-state index in [4.69, 9.17) is 13.9 Å². The van der Waals surface area contributed by atoms with Gasteiger partial charge >= 0.3 is 11.9 Å². The first-order valence-electron chi connectivity index (χ1n) is 6.77. The summed E-state index contributed by atoms with van der Waals surface area (Å²) < 4.78 is 15.5. The highest BCUT2D eigenvalue weighted by atomic mass is 16.7. The largest absolute Gasteiger partial charge is 0.464 e. The molecule has 1 saturated heterocycles. The Hall–Kier alpha value is -2.82. The third-order valence-corrected chi connectivity index (χ3v) is 3.16. The molecule has 0 saturated carbocycles. The van der Waals surface area contributed by atoms with Gasteiger partial charge in [0.1, 0.15) is 11.3 Å². The van der Waals surface area contributed by atoms with Gasteiger partial charge in [0.25, 0.3) is 5.79 Å². The molecule has 1 fully saturated rings. The maximum atomic E-state index is 12.0. The highest BCUT2D eigenvalue weighted by molar-refractivity contribution is 6.19. The SMILES string of the molecule is CC1(C)OC(=O)C(=Cc2ccccc2-c2ccco2)C(=O)O1. The average Bonchev–Trinajstić information content (AvgIpc) is 2.96.